The van der Waals surface area contributed by atoms with Crippen molar-refractivity contribution in [1.29, 1.82) is 0 Å². The number of amides is 1. The van der Waals surface area contributed by atoms with Crippen molar-refractivity contribution in [3.63, 3.8) is 0 Å². The summed E-state index contributed by atoms with van der Waals surface area (Å²) in [4.78, 5) is 14.2. The van der Waals surface area contributed by atoms with Crippen molar-refractivity contribution in [1.82, 2.24) is 4.90 Å². The summed E-state index contributed by atoms with van der Waals surface area (Å²) in [6.07, 6.45) is 4.51. The lowest BCUT2D eigenvalue weighted by molar-refractivity contribution is -0.143. The number of carbonyl (C=O) groups is 1. The zero-order valence-corrected chi connectivity index (χ0v) is 10.8. The van der Waals surface area contributed by atoms with Crippen molar-refractivity contribution in [3.8, 4) is 0 Å². The summed E-state index contributed by atoms with van der Waals surface area (Å²) in [5.41, 5.74) is -0.262. The monoisotopic (exact) mass is 231 g/mol. The van der Waals surface area contributed by atoms with Crippen LogP contribution in [0.3, 0.4) is 0 Å². The smallest absolute Gasteiger partial charge is 0.228 e. The van der Waals surface area contributed by atoms with Crippen LogP contribution >= 0.6 is 11.6 Å². The molecule has 1 aliphatic rings. The average molecular weight is 232 g/mol. The molecule has 0 spiro atoms. The fourth-order valence-electron chi connectivity index (χ4n) is 1.81. The van der Waals surface area contributed by atoms with Crippen LogP contribution in [0.4, 0.5) is 0 Å². The molecule has 1 amide bonds. The van der Waals surface area contributed by atoms with Crippen molar-refractivity contribution in [2.75, 3.05) is 12.4 Å². The molecule has 1 aliphatic carbocycles. The number of rotatable bonds is 4. The molecule has 15 heavy (non-hydrogen) atoms. The quantitative estimate of drug-likeness (QED) is 0.681. The molecule has 0 aromatic carbocycles. The highest BCUT2D eigenvalue weighted by molar-refractivity contribution is 6.17. The Kier molecular flexibility index (Phi) is 4.45. The van der Waals surface area contributed by atoms with E-state index in [2.05, 4.69) is 0 Å². The van der Waals surface area contributed by atoms with Gasteiger partial charge in [-0.2, -0.15) is 0 Å². The van der Waals surface area contributed by atoms with E-state index in [0.29, 0.717) is 11.9 Å². The van der Waals surface area contributed by atoms with Gasteiger partial charge in [0.25, 0.3) is 0 Å². The maximum Gasteiger partial charge on any atom is 0.228 e. The first kappa shape index (κ1) is 12.8. The molecule has 0 radical (unpaired) electrons. The Morgan fingerprint density at radius 1 is 1.40 bits per heavy atom. The second kappa shape index (κ2) is 5.20. The van der Waals surface area contributed by atoms with Gasteiger partial charge >= 0.3 is 0 Å². The molecule has 0 aromatic rings. The molecule has 0 aromatic heterocycles. The molecule has 0 bridgehead atoms. The lowest BCUT2D eigenvalue weighted by Crippen LogP contribution is -2.49. The largest absolute Gasteiger partial charge is 0.339 e. The number of hydrogen-bond donors (Lipinski definition) is 0. The Labute approximate surface area is 98.0 Å². The zero-order valence-electron chi connectivity index (χ0n) is 10.1. The lowest BCUT2D eigenvalue weighted by atomic mass is 9.87. The number of halogens is 1. The molecule has 0 unspecified atom stereocenters. The first-order chi connectivity index (χ1) is 6.96. The summed E-state index contributed by atoms with van der Waals surface area (Å²) in [7, 11) is 0. The minimum absolute atomic E-state index is 0.262. The summed E-state index contributed by atoms with van der Waals surface area (Å²) in [5.74, 6) is 0.915. The Bertz CT molecular complexity index is 218. The first-order valence-corrected chi connectivity index (χ1v) is 6.37. The van der Waals surface area contributed by atoms with Crippen LogP contribution in [0.2, 0.25) is 0 Å². The van der Waals surface area contributed by atoms with E-state index in [4.69, 9.17) is 11.6 Å². The van der Waals surface area contributed by atoms with Crippen LogP contribution in [0.25, 0.3) is 0 Å². The van der Waals surface area contributed by atoms with Crippen LogP contribution < -0.4 is 0 Å². The number of alkyl halides is 1. The van der Waals surface area contributed by atoms with Crippen LogP contribution in [-0.4, -0.2) is 29.3 Å². The van der Waals surface area contributed by atoms with Gasteiger partial charge in [-0.25, -0.2) is 0 Å². The van der Waals surface area contributed by atoms with Gasteiger partial charge in [0, 0.05) is 23.9 Å². The van der Waals surface area contributed by atoms with Gasteiger partial charge in [-0.15, -0.1) is 11.6 Å². The van der Waals surface area contributed by atoms with Crippen molar-refractivity contribution >= 4 is 17.5 Å². The number of hydrogen-bond acceptors (Lipinski definition) is 1. The second-order valence-electron chi connectivity index (χ2n) is 5.38. The number of carbonyl (C=O) groups excluding carboxylic acids is 1. The molecule has 3 heteroatoms. The molecule has 0 aliphatic heterocycles. The molecular weight excluding hydrogens is 210 g/mol. The predicted octanol–water partition coefficient (Wildman–Crippen LogP) is 3.04. The Balaban J connectivity index is 2.58. The third-order valence-electron chi connectivity index (χ3n) is 2.95. The minimum atomic E-state index is -0.262. The van der Waals surface area contributed by atoms with Gasteiger partial charge in [-0.3, -0.25) is 4.79 Å². The van der Waals surface area contributed by atoms with E-state index in [0.717, 1.165) is 13.0 Å². The molecule has 0 N–H and O–H groups in total. The van der Waals surface area contributed by atoms with Gasteiger partial charge in [0.1, 0.15) is 0 Å². The van der Waals surface area contributed by atoms with Crippen molar-refractivity contribution in [2.24, 2.45) is 5.41 Å². The summed E-state index contributed by atoms with van der Waals surface area (Å²) in [6, 6.07) is 0.486. The van der Waals surface area contributed by atoms with E-state index < -0.39 is 0 Å². The maximum atomic E-state index is 12.2. The molecule has 0 heterocycles. The van der Waals surface area contributed by atoms with Crippen molar-refractivity contribution < 1.29 is 4.79 Å². The molecule has 0 saturated heterocycles. The van der Waals surface area contributed by atoms with Crippen LogP contribution in [0.5, 0.6) is 0 Å². The topological polar surface area (TPSA) is 20.3 Å². The third-order valence-corrected chi connectivity index (χ3v) is 3.22. The van der Waals surface area contributed by atoms with E-state index in [1.165, 1.54) is 19.3 Å². The van der Waals surface area contributed by atoms with Crippen molar-refractivity contribution in [3.05, 3.63) is 0 Å². The standard InChI is InChI=1S/C12H22ClNO/c1-12(2,3)11(15)14(9-5-8-13)10-6-4-7-10/h10H,4-9H2,1-3H3. The van der Waals surface area contributed by atoms with E-state index in [-0.39, 0.29) is 11.3 Å². The summed E-state index contributed by atoms with van der Waals surface area (Å²) >= 11 is 5.69. The van der Waals surface area contributed by atoms with Gasteiger partial charge in [0.05, 0.1) is 0 Å². The number of nitrogens with zero attached hydrogens (tertiary/aromatic N) is 1. The molecule has 0 atom stereocenters. The SMILES string of the molecule is CC(C)(C)C(=O)N(CCCCl)C1CCC1. The van der Waals surface area contributed by atoms with Crippen LogP contribution in [-0.2, 0) is 4.79 Å². The van der Waals surface area contributed by atoms with Gasteiger partial charge in [-0.05, 0) is 25.7 Å². The van der Waals surface area contributed by atoms with Gasteiger partial charge < -0.3 is 4.90 Å². The normalized spacial score (nSPS) is 17.3. The van der Waals surface area contributed by atoms with Crippen molar-refractivity contribution in [2.45, 2.75) is 52.5 Å². The summed E-state index contributed by atoms with van der Waals surface area (Å²) < 4.78 is 0. The highest BCUT2D eigenvalue weighted by Crippen LogP contribution is 2.29. The molecule has 2 nitrogen and oxygen atoms in total. The van der Waals surface area contributed by atoms with E-state index in [9.17, 15) is 4.79 Å². The summed E-state index contributed by atoms with van der Waals surface area (Å²) in [6.45, 7) is 6.79. The minimum Gasteiger partial charge on any atom is -0.339 e. The Morgan fingerprint density at radius 2 is 2.00 bits per heavy atom. The molecule has 88 valence electrons. The zero-order chi connectivity index (χ0) is 11.5. The maximum absolute atomic E-state index is 12.2. The molecule has 1 saturated carbocycles. The van der Waals surface area contributed by atoms with Crippen LogP contribution in [0.15, 0.2) is 0 Å². The van der Waals surface area contributed by atoms with Gasteiger partial charge in [0.15, 0.2) is 0 Å². The Hall–Kier alpha value is -0.240. The second-order valence-corrected chi connectivity index (χ2v) is 5.75. The van der Waals surface area contributed by atoms with Gasteiger partial charge in [0.2, 0.25) is 5.91 Å². The molecule has 1 fully saturated rings. The molecular formula is C12H22ClNO. The van der Waals surface area contributed by atoms with E-state index in [1.807, 2.05) is 25.7 Å². The average Bonchev–Trinajstić information content (AvgIpc) is 2.06. The van der Waals surface area contributed by atoms with Crippen LogP contribution in [0.1, 0.15) is 46.5 Å². The molecule has 1 rings (SSSR count). The summed E-state index contributed by atoms with van der Waals surface area (Å²) in [5, 5.41) is 0. The fraction of sp³-hybridized carbons (Fsp3) is 0.917. The fourth-order valence-corrected chi connectivity index (χ4v) is 1.93. The Morgan fingerprint density at radius 3 is 2.33 bits per heavy atom. The predicted molar refractivity (Wildman–Crippen MR) is 64.1 cm³/mol. The van der Waals surface area contributed by atoms with Gasteiger partial charge in [-0.1, -0.05) is 20.8 Å². The highest BCUT2D eigenvalue weighted by Gasteiger charge is 2.34. The van der Waals surface area contributed by atoms with E-state index in [1.54, 1.807) is 0 Å². The van der Waals surface area contributed by atoms with E-state index >= 15 is 0 Å². The third kappa shape index (κ3) is 3.37. The highest BCUT2D eigenvalue weighted by atomic mass is 35.5. The van der Waals surface area contributed by atoms with Crippen LogP contribution in [0, 0.1) is 5.41 Å². The lowest BCUT2D eigenvalue weighted by Gasteiger charge is -2.40. The first-order valence-electron chi connectivity index (χ1n) is 5.84.